The van der Waals surface area contributed by atoms with Crippen LogP contribution in [0.25, 0.3) is 6.08 Å². The number of benzene rings is 2. The number of piperidine rings is 1. The van der Waals surface area contributed by atoms with Gasteiger partial charge >= 0.3 is 0 Å². The number of ether oxygens (including phenoxy) is 2. The molecule has 0 aliphatic carbocycles. The first-order valence-electron chi connectivity index (χ1n) is 11.4. The summed E-state index contributed by atoms with van der Waals surface area (Å²) in [5.41, 5.74) is 1.76. The number of sulfonamides is 1. The van der Waals surface area contributed by atoms with Crippen molar-refractivity contribution in [3.8, 4) is 11.5 Å². The number of carbonyl (C=O) groups excluding carboxylic acids is 1. The summed E-state index contributed by atoms with van der Waals surface area (Å²) in [6.45, 7) is 4.67. The second kappa shape index (κ2) is 10.4. The molecule has 0 bridgehead atoms. The smallest absolute Gasteiger partial charge is 0.236 e. The van der Waals surface area contributed by atoms with Crippen molar-refractivity contribution in [2.75, 3.05) is 32.8 Å². The molecule has 1 fully saturated rings. The summed E-state index contributed by atoms with van der Waals surface area (Å²) >= 11 is 0. The highest BCUT2D eigenvalue weighted by Crippen LogP contribution is 2.34. The zero-order valence-electron chi connectivity index (χ0n) is 18.9. The van der Waals surface area contributed by atoms with E-state index in [1.807, 2.05) is 60.4 Å². The van der Waals surface area contributed by atoms with Gasteiger partial charge in [-0.1, -0.05) is 42.5 Å². The number of fused-ring (bicyclic) bond motifs is 1. The van der Waals surface area contributed by atoms with Gasteiger partial charge in [-0.15, -0.1) is 0 Å². The first-order chi connectivity index (χ1) is 16.0. The van der Waals surface area contributed by atoms with Gasteiger partial charge in [-0.05, 0) is 37.5 Å². The van der Waals surface area contributed by atoms with Gasteiger partial charge in [-0.25, -0.2) is 8.42 Å². The Morgan fingerprint density at radius 3 is 2.52 bits per heavy atom. The maximum absolute atomic E-state index is 13.2. The minimum absolute atomic E-state index is 0.0590. The largest absolute Gasteiger partial charge is 0.486 e. The Kier molecular flexibility index (Phi) is 7.35. The molecule has 0 unspecified atom stereocenters. The first kappa shape index (κ1) is 23.3. The lowest BCUT2D eigenvalue weighted by Crippen LogP contribution is -2.43. The Morgan fingerprint density at radius 1 is 1.06 bits per heavy atom. The van der Waals surface area contributed by atoms with E-state index in [1.54, 1.807) is 6.08 Å². The van der Waals surface area contributed by atoms with Crippen molar-refractivity contribution in [3.63, 3.8) is 0 Å². The molecule has 0 aromatic heterocycles. The van der Waals surface area contributed by atoms with E-state index in [0.717, 1.165) is 11.1 Å². The zero-order chi connectivity index (χ0) is 23.3. The molecule has 0 saturated carbocycles. The minimum Gasteiger partial charge on any atom is -0.486 e. The summed E-state index contributed by atoms with van der Waals surface area (Å²) in [6, 6.07) is 15.1. The third-order valence-electron chi connectivity index (χ3n) is 6.10. The van der Waals surface area contributed by atoms with E-state index in [0.29, 0.717) is 63.7 Å². The molecule has 0 atom stereocenters. The topological polar surface area (TPSA) is 76.2 Å². The minimum atomic E-state index is -3.52. The van der Waals surface area contributed by atoms with E-state index in [4.69, 9.17) is 9.47 Å². The summed E-state index contributed by atoms with van der Waals surface area (Å²) < 4.78 is 38.3. The summed E-state index contributed by atoms with van der Waals surface area (Å²) in [4.78, 5) is 15.1. The summed E-state index contributed by atoms with van der Waals surface area (Å²) in [7, 11) is -3.52. The lowest BCUT2D eigenvalue weighted by Gasteiger charge is -2.33. The SMILES string of the molecule is CCN(Cc1cccc2c1OCCO2)C(=O)C1CCN(S(=O)(=O)/C=C/c2ccccc2)CC1. The van der Waals surface area contributed by atoms with Crippen molar-refractivity contribution in [2.45, 2.75) is 26.3 Å². The fourth-order valence-electron chi connectivity index (χ4n) is 4.24. The van der Waals surface area contributed by atoms with Crippen LogP contribution in [0.4, 0.5) is 0 Å². The van der Waals surface area contributed by atoms with Gasteiger partial charge < -0.3 is 14.4 Å². The Morgan fingerprint density at radius 2 is 1.79 bits per heavy atom. The average Bonchev–Trinajstić information content (AvgIpc) is 2.86. The van der Waals surface area contributed by atoms with Crippen LogP contribution in [0.1, 0.15) is 30.9 Å². The van der Waals surface area contributed by atoms with Crippen LogP contribution < -0.4 is 9.47 Å². The highest BCUT2D eigenvalue weighted by molar-refractivity contribution is 7.92. The monoisotopic (exact) mass is 470 g/mol. The standard InChI is InChI=1S/C25H30N2O5S/c1-2-26(19-22-9-6-10-23-24(22)32-17-16-31-23)25(28)21-11-14-27(15-12-21)33(29,30)18-13-20-7-4-3-5-8-20/h3-10,13,18,21H,2,11-12,14-17,19H2,1H3/b18-13+. The number of para-hydroxylation sites is 1. The Hall–Kier alpha value is -2.84. The molecule has 0 N–H and O–H groups in total. The fraction of sp³-hybridized carbons (Fsp3) is 0.400. The van der Waals surface area contributed by atoms with E-state index in [2.05, 4.69) is 0 Å². The fourth-order valence-corrected chi connectivity index (χ4v) is 5.46. The average molecular weight is 471 g/mol. The molecule has 0 spiro atoms. The molecule has 8 heteroatoms. The van der Waals surface area contributed by atoms with E-state index < -0.39 is 10.0 Å². The van der Waals surface area contributed by atoms with Gasteiger partial charge in [0, 0.05) is 43.1 Å². The van der Waals surface area contributed by atoms with Crippen molar-refractivity contribution in [1.82, 2.24) is 9.21 Å². The molecular weight excluding hydrogens is 440 g/mol. The maximum Gasteiger partial charge on any atom is 0.236 e. The zero-order valence-corrected chi connectivity index (χ0v) is 19.7. The predicted octanol–water partition coefficient (Wildman–Crippen LogP) is 3.52. The molecule has 2 aromatic carbocycles. The Labute approximate surface area is 195 Å². The van der Waals surface area contributed by atoms with Crippen molar-refractivity contribution < 1.29 is 22.7 Å². The van der Waals surface area contributed by atoms with Gasteiger partial charge in [0.25, 0.3) is 0 Å². The van der Waals surface area contributed by atoms with Crippen LogP contribution in [0, 0.1) is 5.92 Å². The van der Waals surface area contributed by atoms with Gasteiger partial charge in [-0.3, -0.25) is 4.79 Å². The van der Waals surface area contributed by atoms with E-state index >= 15 is 0 Å². The van der Waals surface area contributed by atoms with Gasteiger partial charge in [0.1, 0.15) is 13.2 Å². The van der Waals surface area contributed by atoms with Gasteiger partial charge in [-0.2, -0.15) is 4.31 Å². The molecule has 1 saturated heterocycles. The molecule has 2 aromatic rings. The molecule has 7 nitrogen and oxygen atoms in total. The van der Waals surface area contributed by atoms with Crippen LogP contribution in [0.15, 0.2) is 53.9 Å². The quantitative estimate of drug-likeness (QED) is 0.619. The molecule has 1 amide bonds. The number of hydrogen-bond acceptors (Lipinski definition) is 5. The van der Waals surface area contributed by atoms with Crippen LogP contribution >= 0.6 is 0 Å². The summed E-state index contributed by atoms with van der Waals surface area (Å²) in [5, 5.41) is 1.25. The molecule has 33 heavy (non-hydrogen) atoms. The summed E-state index contributed by atoms with van der Waals surface area (Å²) in [6.07, 6.45) is 2.64. The van der Waals surface area contributed by atoms with Gasteiger partial charge in [0.05, 0.1) is 0 Å². The van der Waals surface area contributed by atoms with Crippen molar-refractivity contribution in [1.29, 1.82) is 0 Å². The van der Waals surface area contributed by atoms with E-state index in [9.17, 15) is 13.2 Å². The molecule has 2 aliphatic rings. The number of carbonyl (C=O) groups is 1. The first-order valence-corrected chi connectivity index (χ1v) is 12.9. The number of hydrogen-bond donors (Lipinski definition) is 0. The molecule has 176 valence electrons. The Bertz CT molecular complexity index is 1090. The Balaban J connectivity index is 1.37. The van der Waals surface area contributed by atoms with E-state index in [1.165, 1.54) is 9.71 Å². The highest BCUT2D eigenvalue weighted by Gasteiger charge is 2.32. The van der Waals surface area contributed by atoms with Crippen LogP contribution in [0.5, 0.6) is 11.5 Å². The molecule has 2 heterocycles. The predicted molar refractivity (Wildman–Crippen MR) is 127 cm³/mol. The highest BCUT2D eigenvalue weighted by atomic mass is 32.2. The summed E-state index contributed by atoms with van der Waals surface area (Å²) in [5.74, 6) is 1.29. The molecule has 4 rings (SSSR count). The van der Waals surface area contributed by atoms with Crippen LogP contribution in [-0.4, -0.2) is 56.4 Å². The number of nitrogens with zero attached hydrogens (tertiary/aromatic N) is 2. The molecule has 2 aliphatic heterocycles. The second-order valence-corrected chi connectivity index (χ2v) is 10.0. The van der Waals surface area contributed by atoms with Crippen molar-refractivity contribution in [3.05, 3.63) is 65.1 Å². The maximum atomic E-state index is 13.2. The lowest BCUT2D eigenvalue weighted by atomic mass is 9.96. The van der Waals surface area contributed by atoms with Gasteiger partial charge in [0.2, 0.25) is 15.9 Å². The van der Waals surface area contributed by atoms with Crippen LogP contribution in [0.3, 0.4) is 0 Å². The second-order valence-electron chi connectivity index (χ2n) is 8.23. The van der Waals surface area contributed by atoms with Gasteiger partial charge in [0.15, 0.2) is 11.5 Å². The van der Waals surface area contributed by atoms with Crippen molar-refractivity contribution >= 4 is 22.0 Å². The van der Waals surface area contributed by atoms with E-state index in [-0.39, 0.29) is 11.8 Å². The normalized spacial score (nSPS) is 17.2. The molecule has 0 radical (unpaired) electrons. The van der Waals surface area contributed by atoms with Crippen LogP contribution in [-0.2, 0) is 21.4 Å². The number of amides is 1. The molecular formula is C25H30N2O5S. The third-order valence-corrected chi connectivity index (χ3v) is 7.66. The third kappa shape index (κ3) is 5.57. The lowest BCUT2D eigenvalue weighted by molar-refractivity contribution is -0.137. The van der Waals surface area contributed by atoms with Crippen LogP contribution in [0.2, 0.25) is 0 Å². The number of rotatable bonds is 7. The van der Waals surface area contributed by atoms with Crippen molar-refractivity contribution in [2.24, 2.45) is 5.92 Å².